The van der Waals surface area contributed by atoms with E-state index in [0.29, 0.717) is 17.0 Å². The topological polar surface area (TPSA) is 111 Å². The molecule has 0 unspecified atom stereocenters. The van der Waals surface area contributed by atoms with Crippen molar-refractivity contribution in [3.63, 3.8) is 0 Å². The number of nitrogens with two attached hydrogens (primary N) is 1. The lowest BCUT2D eigenvalue weighted by Gasteiger charge is -1.99. The van der Waals surface area contributed by atoms with Gasteiger partial charge in [-0.2, -0.15) is 10.1 Å². The van der Waals surface area contributed by atoms with Gasteiger partial charge in [-0.1, -0.05) is 5.21 Å². The van der Waals surface area contributed by atoms with Gasteiger partial charge in [-0.05, 0) is 0 Å². The third-order valence-electron chi connectivity index (χ3n) is 2.27. The van der Waals surface area contributed by atoms with Crippen molar-refractivity contribution in [2.75, 3.05) is 5.73 Å². The van der Waals surface area contributed by atoms with Crippen LogP contribution in [-0.4, -0.2) is 35.2 Å². The predicted octanol–water partition coefficient (Wildman–Crippen LogP) is -0.269. The highest BCUT2D eigenvalue weighted by molar-refractivity contribution is 5.89. The average molecular weight is 216 g/mol. The van der Waals surface area contributed by atoms with Crippen molar-refractivity contribution in [1.82, 2.24) is 35.2 Å². The van der Waals surface area contributed by atoms with E-state index in [4.69, 9.17) is 5.73 Å². The summed E-state index contributed by atoms with van der Waals surface area (Å²) >= 11 is 0. The fourth-order valence-corrected chi connectivity index (χ4v) is 1.55. The molecule has 0 amide bonds. The van der Waals surface area contributed by atoms with Gasteiger partial charge in [0, 0.05) is 7.05 Å². The van der Waals surface area contributed by atoms with Crippen LogP contribution in [0, 0.1) is 0 Å². The third kappa shape index (κ3) is 1.13. The van der Waals surface area contributed by atoms with E-state index in [0.717, 1.165) is 5.39 Å². The summed E-state index contributed by atoms with van der Waals surface area (Å²) in [6.45, 7) is 0. The Balaban J connectivity index is 2.39. The molecule has 0 atom stereocenters. The normalized spacial score (nSPS) is 11.1. The lowest BCUT2D eigenvalue weighted by atomic mass is 10.2. The lowest BCUT2D eigenvalue weighted by Crippen LogP contribution is -2.00. The number of hydrogen-bond acceptors (Lipinski definition) is 6. The number of H-pyrrole nitrogens is 1. The number of aromatic nitrogens is 7. The molecule has 8 heteroatoms. The van der Waals surface area contributed by atoms with Crippen LogP contribution in [-0.2, 0) is 7.05 Å². The zero-order valence-electron chi connectivity index (χ0n) is 8.42. The van der Waals surface area contributed by atoms with E-state index in [1.807, 2.05) is 0 Å². The minimum atomic E-state index is 0.189. The summed E-state index contributed by atoms with van der Waals surface area (Å²) in [6.07, 6.45) is 3.33. The molecule has 0 saturated heterocycles. The van der Waals surface area contributed by atoms with Crippen molar-refractivity contribution in [3.8, 4) is 11.4 Å². The molecule has 0 spiro atoms. The highest BCUT2D eigenvalue weighted by Crippen LogP contribution is 2.23. The maximum atomic E-state index is 5.64. The fraction of sp³-hybridized carbons (Fsp3) is 0.125. The van der Waals surface area contributed by atoms with Crippen LogP contribution in [0.5, 0.6) is 0 Å². The molecule has 0 fully saturated rings. The average Bonchev–Trinajstić information content (AvgIpc) is 2.88. The van der Waals surface area contributed by atoms with Gasteiger partial charge < -0.3 is 5.73 Å². The van der Waals surface area contributed by atoms with Gasteiger partial charge in [0.1, 0.15) is 11.4 Å². The summed E-state index contributed by atoms with van der Waals surface area (Å²) in [4.78, 5) is 8.26. The predicted molar refractivity (Wildman–Crippen MR) is 56.1 cm³/mol. The van der Waals surface area contributed by atoms with Crippen LogP contribution in [0.2, 0.25) is 0 Å². The summed E-state index contributed by atoms with van der Waals surface area (Å²) in [5.74, 6) is 0.189. The molecule has 0 aromatic carbocycles. The standard InChI is InChI=1S/C8H8N8/c1-16-7-4(2-11-16)6(12-8(9)13-7)5-3-10-15-14-5/h2-3H,1H3,(H2,9,12,13)(H,10,14,15). The molecule has 3 aromatic heterocycles. The molecule has 8 nitrogen and oxygen atoms in total. The number of nitrogen functional groups attached to an aromatic ring is 1. The Hall–Kier alpha value is -2.51. The second-order valence-electron chi connectivity index (χ2n) is 3.29. The van der Waals surface area contributed by atoms with E-state index in [9.17, 15) is 0 Å². The van der Waals surface area contributed by atoms with Gasteiger partial charge in [0.05, 0.1) is 17.8 Å². The van der Waals surface area contributed by atoms with Crippen LogP contribution in [0.3, 0.4) is 0 Å². The van der Waals surface area contributed by atoms with Crippen LogP contribution in [0.25, 0.3) is 22.4 Å². The quantitative estimate of drug-likeness (QED) is 0.579. The van der Waals surface area contributed by atoms with Crippen molar-refractivity contribution >= 4 is 17.0 Å². The van der Waals surface area contributed by atoms with Gasteiger partial charge in [-0.15, -0.1) is 5.10 Å². The molecule has 3 heterocycles. The van der Waals surface area contributed by atoms with Gasteiger partial charge in [0.2, 0.25) is 5.95 Å². The minimum absolute atomic E-state index is 0.189. The monoisotopic (exact) mass is 216 g/mol. The second kappa shape index (κ2) is 2.99. The van der Waals surface area contributed by atoms with Gasteiger partial charge in [-0.25, -0.2) is 4.98 Å². The van der Waals surface area contributed by atoms with Gasteiger partial charge in [-0.3, -0.25) is 9.78 Å². The van der Waals surface area contributed by atoms with Crippen LogP contribution in [0.15, 0.2) is 12.4 Å². The number of hydrogen-bond donors (Lipinski definition) is 2. The summed E-state index contributed by atoms with van der Waals surface area (Å²) < 4.78 is 1.64. The zero-order chi connectivity index (χ0) is 11.1. The smallest absolute Gasteiger partial charge is 0.222 e. The van der Waals surface area contributed by atoms with E-state index in [1.54, 1.807) is 24.1 Å². The van der Waals surface area contributed by atoms with Crippen LogP contribution < -0.4 is 5.73 Å². The summed E-state index contributed by atoms with van der Waals surface area (Å²) in [5, 5.41) is 15.1. The number of fused-ring (bicyclic) bond motifs is 1. The maximum absolute atomic E-state index is 5.64. The molecule has 0 bridgehead atoms. The zero-order valence-corrected chi connectivity index (χ0v) is 8.42. The van der Waals surface area contributed by atoms with E-state index in [2.05, 4.69) is 30.5 Å². The van der Waals surface area contributed by atoms with Gasteiger partial charge in [0.25, 0.3) is 0 Å². The van der Waals surface area contributed by atoms with Crippen LogP contribution in [0.1, 0.15) is 0 Å². The largest absolute Gasteiger partial charge is 0.368 e. The van der Waals surface area contributed by atoms with E-state index in [-0.39, 0.29) is 5.95 Å². The molecule has 0 aliphatic rings. The Bertz CT molecular complexity index is 637. The molecule has 0 aliphatic heterocycles. The first kappa shape index (κ1) is 8.77. The van der Waals surface area contributed by atoms with Crippen LogP contribution >= 0.6 is 0 Å². The molecule has 0 radical (unpaired) electrons. The van der Waals surface area contributed by atoms with E-state index >= 15 is 0 Å². The van der Waals surface area contributed by atoms with E-state index in [1.165, 1.54) is 0 Å². The maximum Gasteiger partial charge on any atom is 0.222 e. The number of rotatable bonds is 1. The number of anilines is 1. The Morgan fingerprint density at radius 3 is 3.00 bits per heavy atom. The summed E-state index contributed by atoms with van der Waals surface area (Å²) in [5.41, 5.74) is 7.56. The molecule has 3 rings (SSSR count). The Morgan fingerprint density at radius 2 is 2.25 bits per heavy atom. The first-order valence-electron chi connectivity index (χ1n) is 4.58. The molecule has 16 heavy (non-hydrogen) atoms. The minimum Gasteiger partial charge on any atom is -0.368 e. The summed E-state index contributed by atoms with van der Waals surface area (Å²) in [7, 11) is 1.79. The molecule has 3 aromatic rings. The SMILES string of the molecule is Cn1ncc2c(-c3c[nH]nn3)nc(N)nc21. The Labute approximate surface area is 89.5 Å². The first-order valence-corrected chi connectivity index (χ1v) is 4.58. The number of aromatic amines is 1. The fourth-order valence-electron chi connectivity index (χ4n) is 1.55. The second-order valence-corrected chi connectivity index (χ2v) is 3.29. The number of nitrogens with one attached hydrogen (secondary N) is 1. The first-order chi connectivity index (χ1) is 7.75. The Morgan fingerprint density at radius 1 is 1.38 bits per heavy atom. The molecular weight excluding hydrogens is 208 g/mol. The van der Waals surface area contributed by atoms with Crippen LogP contribution in [0.4, 0.5) is 5.95 Å². The highest BCUT2D eigenvalue weighted by Gasteiger charge is 2.13. The summed E-state index contributed by atoms with van der Waals surface area (Å²) in [6, 6.07) is 0. The number of nitrogens with zero attached hydrogens (tertiary/aromatic N) is 6. The van der Waals surface area contributed by atoms with Gasteiger partial charge in [0.15, 0.2) is 5.65 Å². The van der Waals surface area contributed by atoms with Crippen molar-refractivity contribution in [2.45, 2.75) is 0 Å². The van der Waals surface area contributed by atoms with E-state index < -0.39 is 0 Å². The highest BCUT2D eigenvalue weighted by atomic mass is 15.3. The Kier molecular flexibility index (Phi) is 1.64. The molecule has 0 saturated carbocycles. The van der Waals surface area contributed by atoms with Crippen molar-refractivity contribution in [3.05, 3.63) is 12.4 Å². The lowest BCUT2D eigenvalue weighted by molar-refractivity contribution is 0.786. The molecular formula is C8H8N8. The van der Waals surface area contributed by atoms with Crippen molar-refractivity contribution in [1.29, 1.82) is 0 Å². The molecule has 80 valence electrons. The molecule has 0 aliphatic carbocycles. The van der Waals surface area contributed by atoms with Crippen molar-refractivity contribution < 1.29 is 0 Å². The third-order valence-corrected chi connectivity index (χ3v) is 2.27. The number of aryl methyl sites for hydroxylation is 1. The molecule has 3 N–H and O–H groups in total. The van der Waals surface area contributed by atoms with Crippen molar-refractivity contribution in [2.24, 2.45) is 7.05 Å². The van der Waals surface area contributed by atoms with Gasteiger partial charge >= 0.3 is 0 Å².